The van der Waals surface area contributed by atoms with Crippen LogP contribution in [0.15, 0.2) is 75.8 Å². The van der Waals surface area contributed by atoms with Crippen molar-refractivity contribution in [1.82, 2.24) is 14.9 Å². The summed E-state index contributed by atoms with van der Waals surface area (Å²) in [5.41, 5.74) is 4.65. The number of amides is 1. The molecule has 0 saturated heterocycles. The van der Waals surface area contributed by atoms with Crippen molar-refractivity contribution in [2.24, 2.45) is 0 Å². The Morgan fingerprint density at radius 1 is 1.06 bits per heavy atom. The van der Waals surface area contributed by atoms with Crippen LogP contribution in [0.1, 0.15) is 27.5 Å². The number of pyridine rings is 1. The van der Waals surface area contributed by atoms with Crippen LogP contribution in [0, 0.1) is 6.92 Å². The highest BCUT2D eigenvalue weighted by molar-refractivity contribution is 7.08. The van der Waals surface area contributed by atoms with Crippen molar-refractivity contribution >= 4 is 33.8 Å². The third kappa shape index (κ3) is 5.00. The van der Waals surface area contributed by atoms with Crippen molar-refractivity contribution in [3.8, 4) is 17.2 Å². The predicted molar refractivity (Wildman–Crippen MR) is 142 cm³/mol. The Hall–Kier alpha value is -4.01. The Labute approximate surface area is 213 Å². The summed E-state index contributed by atoms with van der Waals surface area (Å²) in [6.07, 6.45) is 0. The minimum atomic E-state index is -0.161. The maximum Gasteiger partial charge on any atom is 0.256 e. The molecule has 0 unspecified atom stereocenters. The van der Waals surface area contributed by atoms with Gasteiger partial charge in [-0.2, -0.15) is 11.3 Å². The first-order valence-corrected chi connectivity index (χ1v) is 12.5. The zero-order valence-electron chi connectivity index (χ0n) is 20.3. The van der Waals surface area contributed by atoms with E-state index in [0.29, 0.717) is 30.2 Å². The van der Waals surface area contributed by atoms with Crippen LogP contribution in [0.25, 0.3) is 22.4 Å². The molecule has 3 aromatic heterocycles. The molecule has 0 fully saturated rings. The largest absolute Gasteiger partial charge is 0.494 e. The second-order valence-corrected chi connectivity index (χ2v) is 9.32. The first kappa shape index (κ1) is 23.7. The van der Waals surface area contributed by atoms with Crippen molar-refractivity contribution in [3.63, 3.8) is 0 Å². The Morgan fingerprint density at radius 2 is 1.92 bits per heavy atom. The number of nitrogens with zero attached hydrogens (tertiary/aromatic N) is 3. The van der Waals surface area contributed by atoms with Gasteiger partial charge < -0.3 is 14.5 Å². The molecule has 0 aliphatic heterocycles. The van der Waals surface area contributed by atoms with Gasteiger partial charge in [0, 0.05) is 23.9 Å². The van der Waals surface area contributed by atoms with E-state index < -0.39 is 0 Å². The summed E-state index contributed by atoms with van der Waals surface area (Å²) in [4.78, 5) is 24.3. The molecular formula is C28H26N4O3S. The zero-order chi connectivity index (χ0) is 25.1. The van der Waals surface area contributed by atoms with Crippen LogP contribution in [-0.4, -0.2) is 34.9 Å². The molecule has 0 atom stereocenters. The second kappa shape index (κ2) is 10.3. The topological polar surface area (TPSA) is 80.5 Å². The number of anilines is 1. The molecule has 8 heteroatoms. The number of para-hydroxylation sites is 2. The second-order valence-electron chi connectivity index (χ2n) is 8.54. The number of rotatable bonds is 8. The van der Waals surface area contributed by atoms with Gasteiger partial charge in [-0.3, -0.25) is 9.69 Å². The Kier molecular flexibility index (Phi) is 6.79. The molecule has 1 amide bonds. The number of carbonyl (C=O) groups is 1. The molecule has 5 rings (SSSR count). The number of benzene rings is 2. The third-order valence-electron chi connectivity index (χ3n) is 5.89. The lowest BCUT2D eigenvalue weighted by Gasteiger charge is -2.15. The average Bonchev–Trinajstić information content (AvgIpc) is 3.54. The van der Waals surface area contributed by atoms with Crippen molar-refractivity contribution in [2.75, 3.05) is 19.5 Å². The first-order chi connectivity index (χ1) is 17.5. The van der Waals surface area contributed by atoms with E-state index in [4.69, 9.17) is 19.1 Å². The molecule has 5 aromatic rings. The molecule has 0 spiro atoms. The summed E-state index contributed by atoms with van der Waals surface area (Å²) >= 11 is 1.49. The number of thiophene rings is 1. The standard InChI is InChI=1S/C28H26N4O3S/c1-18-24(16-32(2)15-21-12-11-19-7-6-10-25(34-3)26(19)29-21)31-28(35-18)22-8-4-5-9-23(22)30-27(33)20-13-14-36-17-20/h4-14,17H,15-16H2,1-3H3,(H,30,33). The van der Waals surface area contributed by atoms with E-state index in [0.717, 1.165) is 39.4 Å². The summed E-state index contributed by atoms with van der Waals surface area (Å²) < 4.78 is 11.5. The van der Waals surface area contributed by atoms with Gasteiger partial charge in [0.15, 0.2) is 0 Å². The minimum Gasteiger partial charge on any atom is -0.494 e. The van der Waals surface area contributed by atoms with Gasteiger partial charge in [0.2, 0.25) is 5.89 Å². The highest BCUT2D eigenvalue weighted by atomic mass is 32.1. The third-order valence-corrected chi connectivity index (χ3v) is 6.58. The van der Waals surface area contributed by atoms with Crippen molar-refractivity contribution in [3.05, 3.63) is 94.1 Å². The lowest BCUT2D eigenvalue weighted by Crippen LogP contribution is -2.18. The molecule has 3 heterocycles. The first-order valence-electron chi connectivity index (χ1n) is 11.5. The molecule has 0 radical (unpaired) electrons. The fraction of sp³-hybridized carbons (Fsp3) is 0.179. The van der Waals surface area contributed by atoms with Crippen molar-refractivity contribution in [2.45, 2.75) is 20.0 Å². The monoisotopic (exact) mass is 498 g/mol. The summed E-state index contributed by atoms with van der Waals surface area (Å²) in [6.45, 7) is 3.14. The van der Waals surface area contributed by atoms with E-state index >= 15 is 0 Å². The molecule has 182 valence electrons. The predicted octanol–water partition coefficient (Wildman–Crippen LogP) is 6.15. The maximum atomic E-state index is 12.6. The van der Waals surface area contributed by atoms with E-state index in [2.05, 4.69) is 16.3 Å². The fourth-order valence-corrected chi connectivity index (χ4v) is 4.69. The highest BCUT2D eigenvalue weighted by Gasteiger charge is 2.18. The molecule has 0 aliphatic rings. The van der Waals surface area contributed by atoms with Crippen molar-refractivity contribution in [1.29, 1.82) is 0 Å². The Balaban J connectivity index is 1.33. The SMILES string of the molecule is COc1cccc2ccc(CN(C)Cc3nc(-c4ccccc4NC(=O)c4ccsc4)oc3C)nc12. The summed E-state index contributed by atoms with van der Waals surface area (Å²) in [5, 5.41) is 7.72. The zero-order valence-corrected chi connectivity index (χ0v) is 21.1. The average molecular weight is 499 g/mol. The number of aryl methyl sites for hydroxylation is 1. The van der Waals surface area contributed by atoms with Gasteiger partial charge in [0.1, 0.15) is 17.0 Å². The van der Waals surface area contributed by atoms with Gasteiger partial charge in [-0.15, -0.1) is 0 Å². The molecule has 0 bridgehead atoms. The van der Waals surface area contributed by atoms with Crippen LogP contribution in [0.2, 0.25) is 0 Å². The minimum absolute atomic E-state index is 0.161. The fourth-order valence-electron chi connectivity index (χ4n) is 4.06. The number of nitrogens with one attached hydrogen (secondary N) is 1. The number of methoxy groups -OCH3 is 1. The van der Waals surface area contributed by atoms with Gasteiger partial charge in [-0.25, -0.2) is 9.97 Å². The van der Waals surface area contributed by atoms with E-state index in [1.165, 1.54) is 11.3 Å². The molecule has 1 N–H and O–H groups in total. The van der Waals surface area contributed by atoms with Crippen LogP contribution < -0.4 is 10.1 Å². The maximum absolute atomic E-state index is 12.6. The lowest BCUT2D eigenvalue weighted by molar-refractivity contribution is 0.102. The summed E-state index contributed by atoms with van der Waals surface area (Å²) in [6, 6.07) is 19.3. The van der Waals surface area contributed by atoms with E-state index in [-0.39, 0.29) is 5.91 Å². The number of aromatic nitrogens is 2. The van der Waals surface area contributed by atoms with E-state index in [9.17, 15) is 4.79 Å². The number of ether oxygens (including phenoxy) is 1. The number of carbonyl (C=O) groups excluding carboxylic acids is 1. The van der Waals surface area contributed by atoms with E-state index in [1.807, 2.05) is 73.3 Å². The molecule has 36 heavy (non-hydrogen) atoms. The van der Waals surface area contributed by atoms with Crippen LogP contribution in [0.5, 0.6) is 5.75 Å². The number of hydrogen-bond acceptors (Lipinski definition) is 7. The molecule has 2 aromatic carbocycles. The smallest absolute Gasteiger partial charge is 0.256 e. The molecule has 0 saturated carbocycles. The highest BCUT2D eigenvalue weighted by Crippen LogP contribution is 2.30. The van der Waals surface area contributed by atoms with Gasteiger partial charge >= 0.3 is 0 Å². The molecular weight excluding hydrogens is 472 g/mol. The van der Waals surface area contributed by atoms with Crippen LogP contribution >= 0.6 is 11.3 Å². The van der Waals surface area contributed by atoms with Gasteiger partial charge in [0.25, 0.3) is 5.91 Å². The lowest BCUT2D eigenvalue weighted by atomic mass is 10.1. The van der Waals surface area contributed by atoms with Gasteiger partial charge in [-0.05, 0) is 49.7 Å². The Bertz CT molecular complexity index is 1510. The normalized spacial score (nSPS) is 11.2. The summed E-state index contributed by atoms with van der Waals surface area (Å²) in [7, 11) is 3.68. The van der Waals surface area contributed by atoms with Crippen LogP contribution in [-0.2, 0) is 13.1 Å². The number of oxazole rings is 1. The van der Waals surface area contributed by atoms with Crippen LogP contribution in [0.3, 0.4) is 0 Å². The Morgan fingerprint density at radius 3 is 2.72 bits per heavy atom. The quantitative estimate of drug-likeness (QED) is 0.276. The number of hydrogen-bond donors (Lipinski definition) is 1. The van der Waals surface area contributed by atoms with Gasteiger partial charge in [0.05, 0.1) is 35.3 Å². The van der Waals surface area contributed by atoms with Gasteiger partial charge in [-0.1, -0.05) is 30.3 Å². The number of fused-ring (bicyclic) bond motifs is 1. The van der Waals surface area contributed by atoms with E-state index in [1.54, 1.807) is 13.2 Å². The molecule has 0 aliphatic carbocycles. The van der Waals surface area contributed by atoms with Crippen LogP contribution in [0.4, 0.5) is 5.69 Å². The summed E-state index contributed by atoms with van der Waals surface area (Å²) in [5.74, 6) is 1.82. The molecule has 7 nitrogen and oxygen atoms in total. The van der Waals surface area contributed by atoms with Crippen molar-refractivity contribution < 1.29 is 13.9 Å².